The van der Waals surface area contributed by atoms with Gasteiger partial charge in [-0.1, -0.05) is 18.2 Å². The van der Waals surface area contributed by atoms with Gasteiger partial charge in [-0.25, -0.2) is 0 Å². The predicted molar refractivity (Wildman–Crippen MR) is 76.3 cm³/mol. The van der Waals surface area contributed by atoms with E-state index in [9.17, 15) is 4.79 Å². The summed E-state index contributed by atoms with van der Waals surface area (Å²) < 4.78 is 0. The second-order valence-corrected chi connectivity index (χ2v) is 5.61. The fourth-order valence-electron chi connectivity index (χ4n) is 2.97. The van der Waals surface area contributed by atoms with Crippen molar-refractivity contribution in [3.63, 3.8) is 0 Å². The van der Waals surface area contributed by atoms with Crippen molar-refractivity contribution >= 4 is 11.6 Å². The molecule has 2 heterocycles. The number of fused-ring (bicyclic) bond motifs is 1. The fraction of sp³-hybridized carbons (Fsp3) is 0.533. The van der Waals surface area contributed by atoms with E-state index < -0.39 is 0 Å². The van der Waals surface area contributed by atoms with Crippen LogP contribution in [-0.4, -0.2) is 43.5 Å². The van der Waals surface area contributed by atoms with E-state index in [-0.39, 0.29) is 11.8 Å². The van der Waals surface area contributed by atoms with Crippen molar-refractivity contribution in [3.8, 4) is 0 Å². The van der Waals surface area contributed by atoms with E-state index in [4.69, 9.17) is 0 Å². The van der Waals surface area contributed by atoms with Crippen molar-refractivity contribution in [1.82, 2.24) is 10.2 Å². The Bertz CT molecular complexity index is 466. The molecular formula is C15H21N3O. The third-order valence-electron chi connectivity index (χ3n) is 4.21. The Morgan fingerprint density at radius 2 is 2.05 bits per heavy atom. The number of hydrogen-bond donors (Lipinski definition) is 2. The zero-order valence-corrected chi connectivity index (χ0v) is 11.4. The molecule has 0 aliphatic carbocycles. The molecule has 1 amide bonds. The van der Waals surface area contributed by atoms with Gasteiger partial charge in [0.2, 0.25) is 5.91 Å². The number of anilines is 1. The molecule has 102 valence electrons. The van der Waals surface area contributed by atoms with Crippen LogP contribution < -0.4 is 10.6 Å². The lowest BCUT2D eigenvalue weighted by atomic mass is 9.98. The summed E-state index contributed by atoms with van der Waals surface area (Å²) in [6.45, 7) is 2.87. The molecule has 3 rings (SSSR count). The topological polar surface area (TPSA) is 44.4 Å². The van der Waals surface area contributed by atoms with Crippen LogP contribution in [0.15, 0.2) is 24.3 Å². The number of nitrogens with one attached hydrogen (secondary N) is 2. The lowest BCUT2D eigenvalue weighted by molar-refractivity contribution is -0.123. The van der Waals surface area contributed by atoms with Gasteiger partial charge in [0.25, 0.3) is 0 Å². The Labute approximate surface area is 114 Å². The van der Waals surface area contributed by atoms with Crippen molar-refractivity contribution in [2.75, 3.05) is 32.0 Å². The van der Waals surface area contributed by atoms with Crippen LogP contribution in [0.25, 0.3) is 0 Å². The van der Waals surface area contributed by atoms with E-state index in [0.29, 0.717) is 6.04 Å². The molecule has 1 unspecified atom stereocenters. The number of likely N-dealkylation sites (tertiary alicyclic amines) is 1. The molecule has 0 saturated carbocycles. The zero-order chi connectivity index (χ0) is 13.2. The first-order chi connectivity index (χ1) is 9.24. The first-order valence-corrected chi connectivity index (χ1v) is 7.06. The van der Waals surface area contributed by atoms with Gasteiger partial charge in [0, 0.05) is 18.3 Å². The molecule has 2 aliphatic heterocycles. The monoisotopic (exact) mass is 259 g/mol. The number of nitrogens with zero attached hydrogens (tertiary/aromatic N) is 1. The summed E-state index contributed by atoms with van der Waals surface area (Å²) in [6, 6.07) is 8.44. The van der Waals surface area contributed by atoms with Gasteiger partial charge >= 0.3 is 0 Å². The average Bonchev–Trinajstić information content (AvgIpc) is 2.85. The summed E-state index contributed by atoms with van der Waals surface area (Å²) in [5.74, 6) is 0.142. The van der Waals surface area contributed by atoms with Gasteiger partial charge in [-0.05, 0) is 44.6 Å². The lowest BCUT2D eigenvalue weighted by Gasteiger charge is -2.30. The molecule has 4 nitrogen and oxygen atoms in total. The molecular weight excluding hydrogens is 238 g/mol. The summed E-state index contributed by atoms with van der Waals surface area (Å²) >= 11 is 0. The molecule has 2 aliphatic rings. The van der Waals surface area contributed by atoms with Gasteiger partial charge in [-0.3, -0.25) is 4.79 Å². The molecule has 2 N–H and O–H groups in total. The minimum absolute atomic E-state index is 0.0316. The predicted octanol–water partition coefficient (Wildman–Crippen LogP) is 1.41. The number of hydrogen-bond acceptors (Lipinski definition) is 3. The standard InChI is InChI=1S/C15H21N3O/c1-18-8-6-11(7-9-18)17-15(19)13-10-16-14-5-3-2-4-12(13)14/h2-5,11,13,16H,6-10H2,1H3,(H,17,19). The molecule has 0 bridgehead atoms. The summed E-state index contributed by atoms with van der Waals surface area (Å²) in [4.78, 5) is 14.7. The largest absolute Gasteiger partial charge is 0.384 e. The highest BCUT2D eigenvalue weighted by Crippen LogP contribution is 2.31. The quantitative estimate of drug-likeness (QED) is 0.844. The van der Waals surface area contributed by atoms with E-state index in [1.54, 1.807) is 0 Å². The SMILES string of the molecule is CN1CCC(NC(=O)C2CNc3ccccc32)CC1. The highest BCUT2D eigenvalue weighted by molar-refractivity contribution is 5.88. The van der Waals surface area contributed by atoms with Crippen molar-refractivity contribution in [3.05, 3.63) is 29.8 Å². The highest BCUT2D eigenvalue weighted by atomic mass is 16.2. The van der Waals surface area contributed by atoms with Gasteiger partial charge in [0.1, 0.15) is 0 Å². The van der Waals surface area contributed by atoms with Crippen molar-refractivity contribution in [1.29, 1.82) is 0 Å². The van der Waals surface area contributed by atoms with Gasteiger partial charge in [-0.2, -0.15) is 0 Å². The van der Waals surface area contributed by atoms with Gasteiger partial charge < -0.3 is 15.5 Å². The first kappa shape index (κ1) is 12.5. The summed E-state index contributed by atoms with van der Waals surface area (Å²) in [5.41, 5.74) is 2.24. The minimum atomic E-state index is -0.0316. The normalized spacial score (nSPS) is 23.7. The van der Waals surface area contributed by atoms with Crippen LogP contribution in [0.5, 0.6) is 0 Å². The summed E-state index contributed by atoms with van der Waals surface area (Å²) in [6.07, 6.45) is 2.12. The van der Waals surface area contributed by atoms with Crippen molar-refractivity contribution < 1.29 is 4.79 Å². The van der Waals surface area contributed by atoms with Gasteiger partial charge in [0.15, 0.2) is 0 Å². The molecule has 1 saturated heterocycles. The van der Waals surface area contributed by atoms with Crippen molar-refractivity contribution in [2.24, 2.45) is 0 Å². The molecule has 1 fully saturated rings. The lowest BCUT2D eigenvalue weighted by Crippen LogP contribution is -2.45. The van der Waals surface area contributed by atoms with E-state index in [1.807, 2.05) is 24.3 Å². The van der Waals surface area contributed by atoms with Crippen molar-refractivity contribution in [2.45, 2.75) is 24.8 Å². The number of amides is 1. The Morgan fingerprint density at radius 3 is 2.84 bits per heavy atom. The van der Waals surface area contributed by atoms with Crippen LogP contribution in [0.3, 0.4) is 0 Å². The smallest absolute Gasteiger partial charge is 0.229 e. The molecule has 0 spiro atoms. The number of benzene rings is 1. The third-order valence-corrected chi connectivity index (χ3v) is 4.21. The molecule has 0 radical (unpaired) electrons. The van der Waals surface area contributed by atoms with E-state index in [0.717, 1.165) is 43.7 Å². The minimum Gasteiger partial charge on any atom is -0.384 e. The Balaban J connectivity index is 1.63. The number of carbonyl (C=O) groups is 1. The van der Waals surface area contributed by atoms with Crippen LogP contribution in [0.4, 0.5) is 5.69 Å². The van der Waals surface area contributed by atoms with Gasteiger partial charge in [0.05, 0.1) is 5.92 Å². The maximum Gasteiger partial charge on any atom is 0.229 e. The van der Waals surface area contributed by atoms with Gasteiger partial charge in [-0.15, -0.1) is 0 Å². The molecule has 4 heteroatoms. The maximum absolute atomic E-state index is 12.4. The maximum atomic E-state index is 12.4. The fourth-order valence-corrected chi connectivity index (χ4v) is 2.97. The van der Waals surface area contributed by atoms with Crippen LogP contribution in [0.2, 0.25) is 0 Å². The Morgan fingerprint density at radius 1 is 1.32 bits per heavy atom. The average molecular weight is 259 g/mol. The number of carbonyl (C=O) groups excluding carboxylic acids is 1. The second kappa shape index (κ2) is 5.21. The summed E-state index contributed by atoms with van der Waals surface area (Å²) in [5, 5.41) is 6.52. The molecule has 1 atom stereocenters. The molecule has 1 aromatic rings. The molecule has 19 heavy (non-hydrogen) atoms. The first-order valence-electron chi connectivity index (χ1n) is 7.06. The van der Waals surface area contributed by atoms with Crippen LogP contribution in [-0.2, 0) is 4.79 Å². The van der Waals surface area contributed by atoms with Crippen LogP contribution in [0.1, 0.15) is 24.3 Å². The Kier molecular flexibility index (Phi) is 3.42. The number of piperidine rings is 1. The summed E-state index contributed by atoms with van der Waals surface area (Å²) in [7, 11) is 2.13. The van der Waals surface area contributed by atoms with Crippen LogP contribution >= 0.6 is 0 Å². The van der Waals surface area contributed by atoms with E-state index >= 15 is 0 Å². The number of para-hydroxylation sites is 1. The number of rotatable bonds is 2. The molecule has 0 aromatic heterocycles. The second-order valence-electron chi connectivity index (χ2n) is 5.61. The molecule has 1 aromatic carbocycles. The van der Waals surface area contributed by atoms with E-state index in [2.05, 4.69) is 22.6 Å². The van der Waals surface area contributed by atoms with E-state index in [1.165, 1.54) is 0 Å². The zero-order valence-electron chi connectivity index (χ0n) is 11.4. The Hall–Kier alpha value is -1.55. The highest BCUT2D eigenvalue weighted by Gasteiger charge is 2.29. The van der Waals surface area contributed by atoms with Crippen LogP contribution in [0, 0.1) is 0 Å². The third kappa shape index (κ3) is 2.59.